The lowest BCUT2D eigenvalue weighted by atomic mass is 9.97. The number of Topliss-reactive ketones (excluding diaryl/α,β-unsaturated/α-hetero) is 1. The molecule has 0 atom stereocenters. The van der Waals surface area contributed by atoms with Gasteiger partial charge in [-0.2, -0.15) is 0 Å². The fourth-order valence-electron chi connectivity index (χ4n) is 2.42. The second-order valence-corrected chi connectivity index (χ2v) is 4.85. The molecule has 1 aromatic rings. The van der Waals surface area contributed by atoms with E-state index in [0.717, 1.165) is 45.5 Å². The number of carbonyl (C=O) groups is 1. The topological polar surface area (TPSA) is 35.5 Å². The number of fused-ring (bicyclic) bond motifs is 2. The third-order valence-corrected chi connectivity index (χ3v) is 3.93. The van der Waals surface area contributed by atoms with Crippen LogP contribution in [0.15, 0.2) is 4.47 Å². The largest absolute Gasteiger partial charge is 0.492 e. The molecule has 0 unspecified atom stereocenters. The Bertz CT molecular complexity index is 459. The molecule has 0 radical (unpaired) electrons. The van der Waals surface area contributed by atoms with Crippen LogP contribution >= 0.6 is 15.9 Å². The van der Waals surface area contributed by atoms with Gasteiger partial charge in [-0.15, -0.1) is 0 Å². The molecule has 0 saturated carbocycles. The summed E-state index contributed by atoms with van der Waals surface area (Å²) in [5.41, 5.74) is 2.80. The highest BCUT2D eigenvalue weighted by Crippen LogP contribution is 2.47. The first-order chi connectivity index (χ1) is 7.70. The zero-order chi connectivity index (χ0) is 11.3. The highest BCUT2D eigenvalue weighted by atomic mass is 79.9. The summed E-state index contributed by atoms with van der Waals surface area (Å²) in [5.74, 6) is 1.67. The van der Waals surface area contributed by atoms with Crippen LogP contribution in [0.25, 0.3) is 0 Å². The third kappa shape index (κ3) is 1.22. The number of ether oxygens (including phenoxy) is 2. The number of carbonyl (C=O) groups excluding carboxylic acids is 1. The van der Waals surface area contributed by atoms with Gasteiger partial charge in [-0.1, -0.05) is 0 Å². The maximum Gasteiger partial charge on any atom is 0.163 e. The van der Waals surface area contributed by atoms with Crippen LogP contribution in [0.5, 0.6) is 11.5 Å². The maximum atomic E-state index is 11.7. The predicted octanol–water partition coefficient (Wildman–Crippen LogP) is 2.52. The first kappa shape index (κ1) is 10.1. The Labute approximate surface area is 102 Å². The smallest absolute Gasteiger partial charge is 0.163 e. The van der Waals surface area contributed by atoms with Crippen LogP contribution in [-0.4, -0.2) is 19.0 Å². The molecule has 16 heavy (non-hydrogen) atoms. The molecular formula is C12H11BrO3. The molecule has 0 bridgehead atoms. The molecule has 0 amide bonds. The van der Waals surface area contributed by atoms with Crippen molar-refractivity contribution in [1.82, 2.24) is 0 Å². The Balaban J connectivity index is 2.36. The Morgan fingerprint density at radius 1 is 1.12 bits per heavy atom. The summed E-state index contributed by atoms with van der Waals surface area (Å²) in [4.78, 5) is 11.7. The van der Waals surface area contributed by atoms with Gasteiger partial charge < -0.3 is 9.47 Å². The molecule has 4 heteroatoms. The van der Waals surface area contributed by atoms with Gasteiger partial charge in [0, 0.05) is 24.0 Å². The molecule has 2 aliphatic rings. The molecule has 3 nitrogen and oxygen atoms in total. The average molecular weight is 283 g/mol. The van der Waals surface area contributed by atoms with E-state index in [1.54, 1.807) is 6.92 Å². The van der Waals surface area contributed by atoms with Crippen molar-refractivity contribution in [3.63, 3.8) is 0 Å². The van der Waals surface area contributed by atoms with Crippen molar-refractivity contribution in [3.05, 3.63) is 21.2 Å². The lowest BCUT2D eigenvalue weighted by Gasteiger charge is -2.12. The van der Waals surface area contributed by atoms with Crippen molar-refractivity contribution in [2.24, 2.45) is 0 Å². The molecule has 2 heterocycles. The molecule has 1 aromatic carbocycles. The maximum absolute atomic E-state index is 11.7. The molecule has 2 aliphatic heterocycles. The average Bonchev–Trinajstić information content (AvgIpc) is 2.84. The number of ketones is 1. The molecule has 0 aliphatic carbocycles. The van der Waals surface area contributed by atoms with Crippen molar-refractivity contribution in [2.75, 3.05) is 13.2 Å². The number of benzene rings is 1. The van der Waals surface area contributed by atoms with Crippen molar-refractivity contribution in [2.45, 2.75) is 19.8 Å². The summed E-state index contributed by atoms with van der Waals surface area (Å²) >= 11 is 3.55. The summed E-state index contributed by atoms with van der Waals surface area (Å²) < 4.78 is 12.2. The highest BCUT2D eigenvalue weighted by Gasteiger charge is 2.31. The zero-order valence-corrected chi connectivity index (χ0v) is 10.5. The van der Waals surface area contributed by atoms with Crippen LogP contribution in [0.2, 0.25) is 0 Å². The van der Waals surface area contributed by atoms with Crippen molar-refractivity contribution in [3.8, 4) is 11.5 Å². The highest BCUT2D eigenvalue weighted by molar-refractivity contribution is 9.10. The van der Waals surface area contributed by atoms with Crippen LogP contribution in [0.3, 0.4) is 0 Å². The van der Waals surface area contributed by atoms with Gasteiger partial charge in [0.2, 0.25) is 0 Å². The van der Waals surface area contributed by atoms with E-state index < -0.39 is 0 Å². The van der Waals surface area contributed by atoms with Gasteiger partial charge >= 0.3 is 0 Å². The Hall–Kier alpha value is -1.03. The number of halogens is 1. The van der Waals surface area contributed by atoms with Crippen LogP contribution in [0, 0.1) is 0 Å². The summed E-state index contributed by atoms with van der Waals surface area (Å²) in [5, 5.41) is 0. The van der Waals surface area contributed by atoms with Gasteiger partial charge in [-0.05, 0) is 22.9 Å². The predicted molar refractivity (Wildman–Crippen MR) is 62.5 cm³/mol. The van der Waals surface area contributed by atoms with E-state index in [1.807, 2.05) is 0 Å². The van der Waals surface area contributed by atoms with Gasteiger partial charge in [0.1, 0.15) is 11.5 Å². The van der Waals surface area contributed by atoms with E-state index in [2.05, 4.69) is 15.9 Å². The summed E-state index contributed by atoms with van der Waals surface area (Å²) in [6.45, 7) is 2.89. The molecule has 0 N–H and O–H groups in total. The van der Waals surface area contributed by atoms with E-state index >= 15 is 0 Å². The third-order valence-electron chi connectivity index (χ3n) is 3.09. The molecule has 0 spiro atoms. The minimum absolute atomic E-state index is 0.0624. The summed E-state index contributed by atoms with van der Waals surface area (Å²) in [7, 11) is 0. The van der Waals surface area contributed by atoms with Gasteiger partial charge in [0.15, 0.2) is 5.78 Å². The Morgan fingerprint density at radius 2 is 1.75 bits per heavy atom. The fourth-order valence-corrected chi connectivity index (χ4v) is 3.16. The zero-order valence-electron chi connectivity index (χ0n) is 8.93. The lowest BCUT2D eigenvalue weighted by molar-refractivity contribution is 0.101. The van der Waals surface area contributed by atoms with Gasteiger partial charge in [0.05, 0.1) is 23.2 Å². The lowest BCUT2D eigenvalue weighted by Crippen LogP contribution is -2.02. The standard InChI is InChI=1S/C12H11BrO3/c1-6(14)9-7-2-4-16-12(7)10(13)8-3-5-15-11(8)9/h2-5H2,1H3. The second-order valence-electron chi connectivity index (χ2n) is 4.06. The Morgan fingerprint density at radius 3 is 2.44 bits per heavy atom. The molecule has 84 valence electrons. The van der Waals surface area contributed by atoms with E-state index in [0.29, 0.717) is 13.2 Å². The minimum atomic E-state index is 0.0624. The molecule has 0 saturated heterocycles. The minimum Gasteiger partial charge on any atom is -0.492 e. The van der Waals surface area contributed by atoms with Gasteiger partial charge in [-0.3, -0.25) is 4.79 Å². The summed E-state index contributed by atoms with van der Waals surface area (Å²) in [6, 6.07) is 0. The van der Waals surface area contributed by atoms with Crippen molar-refractivity contribution in [1.29, 1.82) is 0 Å². The van der Waals surface area contributed by atoms with Crippen molar-refractivity contribution >= 4 is 21.7 Å². The first-order valence-corrected chi connectivity index (χ1v) is 6.13. The van der Waals surface area contributed by atoms with Crippen LogP contribution in [0.4, 0.5) is 0 Å². The van der Waals surface area contributed by atoms with Crippen LogP contribution < -0.4 is 9.47 Å². The van der Waals surface area contributed by atoms with Gasteiger partial charge in [-0.25, -0.2) is 0 Å². The number of hydrogen-bond acceptors (Lipinski definition) is 3. The SMILES string of the molecule is CC(=O)c1c2c(c(Br)c3c1OCC3)OCC2. The monoisotopic (exact) mass is 282 g/mol. The van der Waals surface area contributed by atoms with Crippen molar-refractivity contribution < 1.29 is 14.3 Å². The van der Waals surface area contributed by atoms with E-state index in [1.165, 1.54) is 0 Å². The molecular weight excluding hydrogens is 272 g/mol. The van der Waals surface area contributed by atoms with Crippen LogP contribution in [-0.2, 0) is 12.8 Å². The molecule has 0 aromatic heterocycles. The Kier molecular flexibility index (Phi) is 2.21. The van der Waals surface area contributed by atoms with Crippen LogP contribution in [0.1, 0.15) is 28.4 Å². The van der Waals surface area contributed by atoms with Gasteiger partial charge in [0.25, 0.3) is 0 Å². The quantitative estimate of drug-likeness (QED) is 0.743. The fraction of sp³-hybridized carbons (Fsp3) is 0.417. The van der Waals surface area contributed by atoms with E-state index in [-0.39, 0.29) is 5.78 Å². The van der Waals surface area contributed by atoms with E-state index in [9.17, 15) is 4.79 Å². The normalized spacial score (nSPS) is 16.4. The second kappa shape index (κ2) is 3.48. The molecule has 0 fully saturated rings. The van der Waals surface area contributed by atoms with E-state index in [4.69, 9.17) is 9.47 Å². The number of rotatable bonds is 1. The molecule has 3 rings (SSSR count). The first-order valence-electron chi connectivity index (χ1n) is 5.34. The number of hydrogen-bond donors (Lipinski definition) is 0. The summed E-state index contributed by atoms with van der Waals surface area (Å²) in [6.07, 6.45) is 1.63.